The van der Waals surface area contributed by atoms with Gasteiger partial charge in [-0.2, -0.15) is 0 Å². The Kier molecular flexibility index (Phi) is 7.05. The molecule has 0 saturated carbocycles. The van der Waals surface area contributed by atoms with Crippen molar-refractivity contribution in [2.24, 2.45) is 0 Å². The van der Waals surface area contributed by atoms with Crippen molar-refractivity contribution in [3.63, 3.8) is 0 Å². The van der Waals surface area contributed by atoms with Crippen LogP contribution in [0.15, 0.2) is 164 Å². The van der Waals surface area contributed by atoms with Gasteiger partial charge in [-0.05, 0) is 68.8 Å². The Morgan fingerprint density at radius 1 is 0.471 bits per heavy atom. The van der Waals surface area contributed by atoms with E-state index in [0.717, 1.165) is 40.7 Å². The van der Waals surface area contributed by atoms with E-state index in [-0.39, 0.29) is 12.0 Å². The van der Waals surface area contributed by atoms with Gasteiger partial charge in [0.15, 0.2) is 17.5 Å². The summed E-state index contributed by atoms with van der Waals surface area (Å²) in [7, 11) is 0. The average molecular weight is 656 g/mol. The Bertz CT molecular complexity index is 2610. The Labute approximate surface area is 296 Å². The highest BCUT2D eigenvalue weighted by Crippen LogP contribution is 2.52. The molecule has 242 valence electrons. The fraction of sp³-hybridized carbons (Fsp3) is 0.0851. The molecule has 2 atom stereocenters. The summed E-state index contributed by atoms with van der Waals surface area (Å²) in [5.74, 6) is 2.99. The van der Waals surface area contributed by atoms with Crippen LogP contribution < -0.4 is 4.74 Å². The van der Waals surface area contributed by atoms with Gasteiger partial charge in [-0.3, -0.25) is 0 Å². The second-order valence-electron chi connectivity index (χ2n) is 13.4. The number of aromatic nitrogens is 3. The topological polar surface area (TPSA) is 47.9 Å². The fourth-order valence-corrected chi connectivity index (χ4v) is 7.95. The van der Waals surface area contributed by atoms with E-state index in [1.54, 1.807) is 0 Å². The van der Waals surface area contributed by atoms with Crippen molar-refractivity contribution in [1.29, 1.82) is 0 Å². The molecule has 0 radical (unpaired) electrons. The summed E-state index contributed by atoms with van der Waals surface area (Å²) in [6.45, 7) is 0. The molecule has 7 aromatic carbocycles. The van der Waals surface area contributed by atoms with E-state index < -0.39 is 0 Å². The third-order valence-corrected chi connectivity index (χ3v) is 10.4. The Balaban J connectivity index is 1.10. The predicted molar refractivity (Wildman–Crippen MR) is 207 cm³/mol. The summed E-state index contributed by atoms with van der Waals surface area (Å²) in [5, 5.41) is 4.85. The van der Waals surface area contributed by atoms with Crippen LogP contribution in [0.5, 0.6) is 5.75 Å². The van der Waals surface area contributed by atoms with E-state index in [1.165, 1.54) is 44.0 Å². The molecule has 4 heteroatoms. The molecular formula is C47H33N3O. The third-order valence-electron chi connectivity index (χ3n) is 10.4. The lowest BCUT2D eigenvalue weighted by molar-refractivity contribution is 0.207. The number of rotatable bonds is 5. The van der Waals surface area contributed by atoms with Crippen LogP contribution in [0.3, 0.4) is 0 Å². The van der Waals surface area contributed by atoms with E-state index in [2.05, 4.69) is 146 Å². The van der Waals surface area contributed by atoms with Crippen molar-refractivity contribution in [1.82, 2.24) is 15.0 Å². The van der Waals surface area contributed by atoms with E-state index in [4.69, 9.17) is 19.7 Å². The van der Waals surface area contributed by atoms with Crippen LogP contribution in [0.1, 0.15) is 30.1 Å². The maximum absolute atomic E-state index is 6.72. The van der Waals surface area contributed by atoms with Crippen LogP contribution in [0.4, 0.5) is 0 Å². The first-order chi connectivity index (χ1) is 25.3. The van der Waals surface area contributed by atoms with Gasteiger partial charge in [0.1, 0.15) is 11.9 Å². The third kappa shape index (κ3) is 5.19. The normalized spacial score (nSPS) is 16.4. The smallest absolute Gasteiger partial charge is 0.164 e. The van der Waals surface area contributed by atoms with Gasteiger partial charge in [-0.1, -0.05) is 152 Å². The summed E-state index contributed by atoms with van der Waals surface area (Å²) in [6.07, 6.45) is 4.18. The molecule has 0 fully saturated rings. The molecule has 2 unspecified atom stereocenters. The summed E-state index contributed by atoms with van der Waals surface area (Å²) in [5.41, 5.74) is 9.01. The molecule has 51 heavy (non-hydrogen) atoms. The molecule has 1 aromatic heterocycles. The van der Waals surface area contributed by atoms with Crippen LogP contribution in [0.25, 0.3) is 72.1 Å². The lowest BCUT2D eigenvalue weighted by atomic mass is 9.78. The minimum Gasteiger partial charge on any atom is -0.489 e. The summed E-state index contributed by atoms with van der Waals surface area (Å²) >= 11 is 0. The number of allylic oxidation sites excluding steroid dienone is 1. The lowest BCUT2D eigenvalue weighted by Gasteiger charge is -2.26. The molecule has 0 amide bonds. The van der Waals surface area contributed by atoms with Gasteiger partial charge in [-0.25, -0.2) is 15.0 Å². The molecule has 2 aliphatic rings. The Morgan fingerprint density at radius 2 is 1.10 bits per heavy atom. The molecule has 1 aliphatic heterocycles. The van der Waals surface area contributed by atoms with Gasteiger partial charge in [0.25, 0.3) is 0 Å². The largest absolute Gasteiger partial charge is 0.489 e. The lowest BCUT2D eigenvalue weighted by Crippen LogP contribution is -2.24. The number of hydrogen-bond acceptors (Lipinski definition) is 4. The van der Waals surface area contributed by atoms with Gasteiger partial charge in [-0.15, -0.1) is 0 Å². The number of nitrogens with zero attached hydrogens (tertiary/aromatic N) is 3. The highest BCUT2D eigenvalue weighted by atomic mass is 16.5. The Morgan fingerprint density at radius 3 is 1.92 bits per heavy atom. The molecule has 0 saturated heterocycles. The predicted octanol–water partition coefficient (Wildman–Crippen LogP) is 11.6. The van der Waals surface area contributed by atoms with Gasteiger partial charge in [0, 0.05) is 22.3 Å². The first-order valence-electron chi connectivity index (χ1n) is 17.7. The van der Waals surface area contributed by atoms with Crippen LogP contribution in [0.2, 0.25) is 0 Å². The van der Waals surface area contributed by atoms with Gasteiger partial charge < -0.3 is 4.74 Å². The molecule has 0 N–H and O–H groups in total. The second-order valence-corrected chi connectivity index (χ2v) is 13.4. The highest BCUT2D eigenvalue weighted by Gasteiger charge is 2.41. The van der Waals surface area contributed by atoms with E-state index in [9.17, 15) is 0 Å². The number of hydrogen-bond donors (Lipinski definition) is 0. The Hall–Kier alpha value is -6.39. The maximum atomic E-state index is 6.72. The number of ether oxygens (including phenoxy) is 1. The van der Waals surface area contributed by atoms with Crippen molar-refractivity contribution in [2.75, 3.05) is 0 Å². The van der Waals surface area contributed by atoms with Crippen molar-refractivity contribution in [2.45, 2.75) is 24.9 Å². The van der Waals surface area contributed by atoms with Crippen LogP contribution in [-0.4, -0.2) is 21.1 Å². The van der Waals surface area contributed by atoms with E-state index in [0.29, 0.717) is 17.5 Å². The molecule has 8 aromatic rings. The summed E-state index contributed by atoms with van der Waals surface area (Å²) in [6, 6.07) is 55.5. The van der Waals surface area contributed by atoms with Crippen LogP contribution in [-0.2, 0) is 0 Å². The number of fused-ring (bicyclic) bond motifs is 6. The van der Waals surface area contributed by atoms with Gasteiger partial charge in [0.2, 0.25) is 0 Å². The molecule has 2 heterocycles. The summed E-state index contributed by atoms with van der Waals surface area (Å²) in [4.78, 5) is 15.5. The molecular weight excluding hydrogens is 623 g/mol. The summed E-state index contributed by atoms with van der Waals surface area (Å²) < 4.78 is 6.72. The number of benzene rings is 7. The van der Waals surface area contributed by atoms with Crippen molar-refractivity contribution < 1.29 is 4.74 Å². The minimum atomic E-state index is 0.000547. The molecule has 4 nitrogen and oxygen atoms in total. The fourth-order valence-electron chi connectivity index (χ4n) is 7.95. The molecule has 0 spiro atoms. The standard InChI is InChI=1S/C47H33N3O/c1-3-11-30(12-4-1)31-21-23-33(24-22-31)39-17-9-19-41-43(39)44-40(18-10-20-42(44)51-41)47-49-45(34-14-5-2-6-15-34)48-46(50-47)36-27-28-38-35(29-36)26-25-32-13-7-8-16-37(32)38/h1-9,11-19,21-29,42,44H,10,20H2. The van der Waals surface area contributed by atoms with Crippen molar-refractivity contribution in [3.8, 4) is 50.8 Å². The molecule has 0 bridgehead atoms. The van der Waals surface area contributed by atoms with Crippen molar-refractivity contribution >= 4 is 27.1 Å². The van der Waals surface area contributed by atoms with Gasteiger partial charge in [0.05, 0.1) is 5.92 Å². The van der Waals surface area contributed by atoms with Gasteiger partial charge >= 0.3 is 0 Å². The molecule has 10 rings (SSSR count). The van der Waals surface area contributed by atoms with Crippen molar-refractivity contribution in [3.05, 3.63) is 175 Å². The van der Waals surface area contributed by atoms with E-state index in [1.807, 2.05) is 18.2 Å². The highest BCUT2D eigenvalue weighted by molar-refractivity contribution is 6.08. The van der Waals surface area contributed by atoms with E-state index >= 15 is 0 Å². The first-order valence-corrected chi connectivity index (χ1v) is 17.7. The minimum absolute atomic E-state index is 0.000547. The van der Waals surface area contributed by atoms with Crippen LogP contribution in [0, 0.1) is 0 Å². The average Bonchev–Trinajstić information content (AvgIpc) is 3.60. The molecule has 1 aliphatic carbocycles. The van der Waals surface area contributed by atoms with Crippen LogP contribution >= 0.6 is 0 Å². The zero-order chi connectivity index (χ0) is 33.7. The monoisotopic (exact) mass is 655 g/mol. The first kappa shape index (κ1) is 29.5. The zero-order valence-corrected chi connectivity index (χ0v) is 27.9. The maximum Gasteiger partial charge on any atom is 0.164 e. The quantitative estimate of drug-likeness (QED) is 0.173. The SMILES string of the molecule is C1=C(c2nc(-c3ccccc3)nc(-c3ccc4c(ccc5ccccc54)c3)n2)C2c3c(cccc3-c3ccc(-c4ccccc4)cc3)OC2CC1. The zero-order valence-electron chi connectivity index (χ0n) is 27.9. The second kappa shape index (κ2) is 12.2.